The van der Waals surface area contributed by atoms with Gasteiger partial charge in [-0.2, -0.15) is 0 Å². The number of nitrogens with one attached hydrogen (secondary N) is 4. The number of carbonyl (C=O) groups excluding carboxylic acids is 4. The van der Waals surface area contributed by atoms with E-state index in [0.717, 1.165) is 23.7 Å². The number of halogens is 1. The van der Waals surface area contributed by atoms with Gasteiger partial charge < -0.3 is 26.7 Å². The number of hydrogen-bond donors (Lipinski definition) is 5. The second kappa shape index (κ2) is 9.20. The summed E-state index contributed by atoms with van der Waals surface area (Å²) in [7, 11) is 0. The summed E-state index contributed by atoms with van der Waals surface area (Å²) >= 11 is 6.01. The van der Waals surface area contributed by atoms with Gasteiger partial charge in [-0.25, -0.2) is 0 Å². The van der Waals surface area contributed by atoms with Crippen LogP contribution in [0.4, 0.5) is 0 Å². The number of nitrogens with two attached hydrogens (primary N) is 1. The predicted molar refractivity (Wildman–Crippen MR) is 119 cm³/mol. The third-order valence-corrected chi connectivity index (χ3v) is 6.29. The van der Waals surface area contributed by atoms with Gasteiger partial charge in [-0.05, 0) is 43.4 Å². The Morgan fingerprint density at radius 2 is 1.88 bits per heavy atom. The lowest BCUT2D eigenvalue weighted by atomic mass is 9.97. The summed E-state index contributed by atoms with van der Waals surface area (Å²) in [5.41, 5.74) is 6.51. The van der Waals surface area contributed by atoms with Crippen molar-refractivity contribution in [2.45, 2.75) is 44.2 Å². The normalized spacial score (nSPS) is 19.9. The Morgan fingerprint density at radius 3 is 2.53 bits per heavy atom. The van der Waals surface area contributed by atoms with Gasteiger partial charge in [0.25, 0.3) is 5.91 Å². The van der Waals surface area contributed by atoms with Crippen LogP contribution in [0, 0.1) is 11.8 Å². The molecule has 170 valence electrons. The van der Waals surface area contributed by atoms with E-state index in [1.54, 1.807) is 24.3 Å². The second-order valence-electron chi connectivity index (χ2n) is 8.60. The Kier molecular flexibility index (Phi) is 6.36. The topological polar surface area (TPSA) is 146 Å². The molecule has 32 heavy (non-hydrogen) atoms. The number of rotatable bonds is 9. The highest BCUT2D eigenvalue weighted by atomic mass is 35.5. The van der Waals surface area contributed by atoms with Crippen LogP contribution in [0.25, 0.3) is 10.9 Å². The molecule has 10 heteroatoms. The van der Waals surface area contributed by atoms with Gasteiger partial charge in [0.2, 0.25) is 17.7 Å². The lowest BCUT2D eigenvalue weighted by Gasteiger charge is -2.23. The van der Waals surface area contributed by atoms with Crippen LogP contribution >= 0.6 is 11.6 Å². The van der Waals surface area contributed by atoms with Crippen molar-refractivity contribution in [3.05, 3.63) is 35.0 Å². The minimum atomic E-state index is -0.981. The molecule has 2 heterocycles. The fourth-order valence-corrected chi connectivity index (χ4v) is 4.22. The van der Waals surface area contributed by atoms with E-state index in [9.17, 15) is 19.2 Å². The zero-order valence-electron chi connectivity index (χ0n) is 17.4. The minimum absolute atomic E-state index is 0.139. The first kappa shape index (κ1) is 22.1. The minimum Gasteiger partial charge on any atom is -0.368 e. The van der Waals surface area contributed by atoms with Gasteiger partial charge in [0.05, 0.1) is 0 Å². The van der Waals surface area contributed by atoms with Gasteiger partial charge in [-0.1, -0.05) is 30.5 Å². The molecule has 1 saturated carbocycles. The van der Waals surface area contributed by atoms with Gasteiger partial charge >= 0.3 is 0 Å². The molecule has 0 bridgehead atoms. The predicted octanol–water partition coefficient (Wildman–Crippen LogP) is 1.22. The Bertz CT molecular complexity index is 1060. The van der Waals surface area contributed by atoms with E-state index in [1.165, 1.54) is 0 Å². The molecule has 1 aliphatic carbocycles. The van der Waals surface area contributed by atoms with E-state index >= 15 is 0 Å². The molecule has 9 nitrogen and oxygen atoms in total. The molecule has 4 amide bonds. The summed E-state index contributed by atoms with van der Waals surface area (Å²) in [6.45, 7) is 0.541. The number of primary amides is 1. The first-order chi connectivity index (χ1) is 15.3. The number of carbonyl (C=O) groups is 4. The van der Waals surface area contributed by atoms with E-state index in [-0.39, 0.29) is 18.2 Å². The highest BCUT2D eigenvalue weighted by molar-refractivity contribution is 6.31. The van der Waals surface area contributed by atoms with Crippen LogP contribution in [0.15, 0.2) is 24.3 Å². The van der Waals surface area contributed by atoms with E-state index in [2.05, 4.69) is 20.9 Å². The number of fused-ring (bicyclic) bond motifs is 1. The van der Waals surface area contributed by atoms with Gasteiger partial charge in [0.1, 0.15) is 17.8 Å². The maximum absolute atomic E-state index is 13.0. The van der Waals surface area contributed by atoms with Crippen LogP contribution < -0.4 is 21.7 Å². The van der Waals surface area contributed by atoms with Crippen molar-refractivity contribution in [1.29, 1.82) is 0 Å². The van der Waals surface area contributed by atoms with Crippen LogP contribution in [0.5, 0.6) is 0 Å². The van der Waals surface area contributed by atoms with Crippen molar-refractivity contribution in [3.63, 3.8) is 0 Å². The smallest absolute Gasteiger partial charge is 0.268 e. The van der Waals surface area contributed by atoms with E-state index in [4.69, 9.17) is 17.3 Å². The molecule has 1 aliphatic heterocycles. The Hall–Kier alpha value is -3.07. The van der Waals surface area contributed by atoms with Crippen molar-refractivity contribution in [3.8, 4) is 0 Å². The van der Waals surface area contributed by atoms with Crippen molar-refractivity contribution >= 4 is 46.1 Å². The molecule has 2 fully saturated rings. The average molecular weight is 460 g/mol. The summed E-state index contributed by atoms with van der Waals surface area (Å²) in [6, 6.07) is 5.15. The molecule has 0 unspecified atom stereocenters. The average Bonchev–Trinajstić information content (AvgIpc) is 3.32. The Morgan fingerprint density at radius 1 is 1.09 bits per heavy atom. The molecular formula is C22H26ClN5O4. The number of benzene rings is 1. The highest BCUT2D eigenvalue weighted by Gasteiger charge is 2.34. The maximum Gasteiger partial charge on any atom is 0.268 e. The number of amides is 4. The Labute approximate surface area is 189 Å². The molecule has 1 aromatic heterocycles. The molecule has 6 N–H and O–H groups in total. The van der Waals surface area contributed by atoms with Gasteiger partial charge in [0, 0.05) is 28.4 Å². The molecular weight excluding hydrogens is 434 g/mol. The second-order valence-corrected chi connectivity index (χ2v) is 9.03. The monoisotopic (exact) mass is 459 g/mol. The van der Waals surface area contributed by atoms with Crippen molar-refractivity contribution < 1.29 is 19.2 Å². The molecule has 3 atom stereocenters. The first-order valence-corrected chi connectivity index (χ1v) is 11.1. The molecule has 2 aliphatic rings. The third kappa shape index (κ3) is 5.21. The molecule has 1 saturated heterocycles. The Balaban J connectivity index is 1.45. The number of hydrogen-bond acceptors (Lipinski definition) is 4. The zero-order chi connectivity index (χ0) is 22.8. The SMILES string of the molecule is NC(=O)[C@H](C[C@@H]1CCNC1=O)NC(=O)[C@H](CC1CC1)NC(=O)c1cc2ccc(Cl)cc2[nH]1. The molecule has 1 aromatic carbocycles. The summed E-state index contributed by atoms with van der Waals surface area (Å²) in [6.07, 6.45) is 3.18. The molecule has 2 aromatic rings. The van der Waals surface area contributed by atoms with Crippen molar-refractivity contribution in [2.75, 3.05) is 6.54 Å². The quantitative estimate of drug-likeness (QED) is 0.383. The number of H-pyrrole nitrogens is 1. The van der Waals surface area contributed by atoms with E-state index in [0.29, 0.717) is 36.0 Å². The molecule has 0 radical (unpaired) electrons. The number of aromatic amines is 1. The van der Waals surface area contributed by atoms with Gasteiger partial charge in [0.15, 0.2) is 0 Å². The van der Waals surface area contributed by atoms with Crippen molar-refractivity contribution in [1.82, 2.24) is 20.9 Å². The summed E-state index contributed by atoms with van der Waals surface area (Å²) < 4.78 is 0. The van der Waals surface area contributed by atoms with Crippen LogP contribution in [0.2, 0.25) is 5.02 Å². The van der Waals surface area contributed by atoms with Crippen LogP contribution in [-0.2, 0) is 14.4 Å². The molecule has 4 rings (SSSR count). The maximum atomic E-state index is 13.0. The van der Waals surface area contributed by atoms with E-state index < -0.39 is 29.8 Å². The fourth-order valence-electron chi connectivity index (χ4n) is 4.05. The van der Waals surface area contributed by atoms with Crippen LogP contribution in [0.1, 0.15) is 42.6 Å². The first-order valence-electron chi connectivity index (χ1n) is 10.8. The fraction of sp³-hybridized carbons (Fsp3) is 0.455. The van der Waals surface area contributed by atoms with Crippen LogP contribution in [-0.4, -0.2) is 47.2 Å². The van der Waals surface area contributed by atoms with Gasteiger partial charge in [-0.3, -0.25) is 19.2 Å². The third-order valence-electron chi connectivity index (χ3n) is 6.06. The lowest BCUT2D eigenvalue weighted by molar-refractivity contribution is -0.130. The largest absolute Gasteiger partial charge is 0.368 e. The summed E-state index contributed by atoms with van der Waals surface area (Å²) in [5, 5.41) is 9.52. The standard InChI is InChI=1S/C22H26ClN5O4/c23-14-4-3-12-8-18(26-15(12)10-14)22(32)28-17(7-11-1-2-11)21(31)27-16(19(24)29)9-13-5-6-25-20(13)30/h3-4,8,10-11,13,16-17,26H,1-2,5-7,9H2,(H2,24,29)(H,25,30)(H,27,31)(H,28,32)/t13-,16-,17-/m0/s1. The van der Waals surface area contributed by atoms with Gasteiger partial charge in [-0.15, -0.1) is 0 Å². The zero-order valence-corrected chi connectivity index (χ0v) is 18.2. The highest BCUT2D eigenvalue weighted by Crippen LogP contribution is 2.33. The van der Waals surface area contributed by atoms with E-state index in [1.807, 2.05) is 0 Å². The lowest BCUT2D eigenvalue weighted by Crippen LogP contribution is -2.53. The van der Waals surface area contributed by atoms with Crippen molar-refractivity contribution in [2.24, 2.45) is 17.6 Å². The summed E-state index contributed by atoms with van der Waals surface area (Å²) in [5.74, 6) is -1.78. The van der Waals surface area contributed by atoms with Crippen LogP contribution in [0.3, 0.4) is 0 Å². The number of aromatic nitrogens is 1. The summed E-state index contributed by atoms with van der Waals surface area (Å²) in [4.78, 5) is 52.7. The molecule has 0 spiro atoms.